The first kappa shape index (κ1) is 49.5. The number of para-hydroxylation sites is 6. The van der Waals surface area contributed by atoms with E-state index < -0.39 is 150 Å². The van der Waals surface area contributed by atoms with Crippen molar-refractivity contribution >= 4 is 185 Å². The third kappa shape index (κ3) is 11.7. The first-order chi connectivity index (χ1) is 77.9. The fourth-order valence-electron chi connectivity index (χ4n) is 19.4. The zero-order chi connectivity index (χ0) is 113. The summed E-state index contributed by atoms with van der Waals surface area (Å²) in [5, 5.41) is 8.26. The van der Waals surface area contributed by atoms with Gasteiger partial charge in [-0.1, -0.05) is 369 Å². The summed E-state index contributed by atoms with van der Waals surface area (Å²) >= 11 is 0. The van der Waals surface area contributed by atoms with Crippen LogP contribution in [0.15, 0.2) is 458 Å². The third-order valence-electron chi connectivity index (χ3n) is 25.1. The molecule has 28 aromatic rings. The summed E-state index contributed by atoms with van der Waals surface area (Å²) in [4.78, 5) is 0. The number of furan rings is 5. The molecule has 0 atom stereocenters. The molecule has 0 aliphatic carbocycles. The summed E-state index contributed by atoms with van der Waals surface area (Å²) < 4.78 is 316. The molecule has 610 valence electrons. The van der Waals surface area contributed by atoms with Crippen LogP contribution in [0.25, 0.3) is 274 Å². The second-order valence-electron chi connectivity index (χ2n) is 32.1. The molecule has 0 spiro atoms. The summed E-state index contributed by atoms with van der Waals surface area (Å²) in [6.45, 7) is 0.341. The minimum absolute atomic E-state index is 0.0301. The van der Waals surface area contributed by atoms with E-state index in [4.69, 9.17) is 50.1 Å². The number of hydrogen-bond acceptors (Lipinski definition) is 6. The second-order valence-corrected chi connectivity index (χ2v) is 32.1. The number of benzene rings is 23. The van der Waals surface area contributed by atoms with E-state index in [2.05, 4.69) is 24.3 Å². The van der Waals surface area contributed by atoms with Crippen LogP contribution in [-0.4, -0.2) is 0 Å². The van der Waals surface area contributed by atoms with Gasteiger partial charge in [-0.05, 0) is 203 Å². The van der Waals surface area contributed by atoms with Crippen molar-refractivity contribution in [3.63, 3.8) is 0 Å². The molecule has 0 amide bonds. The molecule has 23 aromatic carbocycles. The number of ether oxygens (including phenoxy) is 1. The van der Waals surface area contributed by atoms with Crippen LogP contribution < -0.4 is 4.74 Å². The predicted molar refractivity (Wildman–Crippen MR) is 546 cm³/mol. The Hall–Kier alpha value is -17.3. The van der Waals surface area contributed by atoms with Crippen molar-refractivity contribution in [2.45, 2.75) is 6.61 Å². The quantitative estimate of drug-likeness (QED) is 0.148. The SMILES string of the molecule is [2H]c1c([2H])c([2H])c2c(-c3cccc4c3oc3ccccc34)c3c([2H])c([2H])c([2H])c([2H])c3c(-c3ccc(-c4ccc5c(c4)oc4c6ccccc6ccc54)cc3)c2c1[2H].[2H]c1c([2H])c([2H])c2c(-c3cccc4c3oc3ccccc34)c3c([2H])c([2H])c([2H])c([2H])c3c(-c3ccc4c(c3)OCc3ccccc3-4)c2c1[2H].[2H]c1c([2H])c([2H])c2c(oc3c([2H])c(-c4c5c([2H])c([2H])c([2H])c([2H])c5c(-c5cccc6oc7ccccc7c56)c5c([2H])c([2H])c([2H])c([2H])c45)c([2H])c([2H])c32)c1[2H]. The summed E-state index contributed by atoms with van der Waals surface area (Å²) in [6.07, 6.45) is 0. The van der Waals surface area contributed by atoms with Crippen LogP contribution in [-0.2, 0) is 6.61 Å². The van der Waals surface area contributed by atoms with E-state index in [1.54, 1.807) is 60.7 Å². The van der Waals surface area contributed by atoms with Gasteiger partial charge < -0.3 is 26.8 Å². The first-order valence-corrected chi connectivity index (χ1v) is 42.2. The van der Waals surface area contributed by atoms with Gasteiger partial charge >= 0.3 is 0 Å². The molecule has 1 aliphatic heterocycles. The standard InChI is InChI=1S/C48H28O2.C39H24O2.C38H22O2/c1-2-11-33-30(10-1)24-27-41-35-26-25-32(28-44(35)50-47(33)41)29-20-22-31(23-21-29)45-36-13-3-5-15-38(36)46(39-16-6-4-14-37(39)45)42-18-9-17-40-34-12-7-8-19-43(34)49-48(40)42;1-2-11-26-25(10-1)23-40-36-22-24(20-21-28(26)36)37-29-13-3-5-15-31(29)38(32-16-6-4-14-30(32)37)34-18-9-17-33-27-12-7-8-19-35(27)41-39(33)34;1-3-13-28-26(11-1)36(23-20-21-25-24-10-5-7-17-32(24)40-35(25)22-23)27-12-2-4-14-29(27)37(28)31-16-9-19-34-38(31)30-15-6-8-18-33(30)39-34/h1-28H;1-22H,23H2;1-22H/i2*3D,4D,5D,6D,13D,14D,15D,16D;1D,2D,3D,4D,5D,7D,10D,11D,12D,13D,14D,17D,20D,21D,22D. The van der Waals surface area contributed by atoms with E-state index in [1.807, 2.05) is 164 Å². The number of hydrogen-bond donors (Lipinski definition) is 0. The molecular formula is C125H74O6. The third-order valence-corrected chi connectivity index (χ3v) is 25.1. The highest BCUT2D eigenvalue weighted by molar-refractivity contribution is 6.29. The van der Waals surface area contributed by atoms with E-state index in [1.165, 1.54) is 0 Å². The van der Waals surface area contributed by atoms with Gasteiger partial charge in [0, 0.05) is 87.1 Å². The van der Waals surface area contributed by atoms with Crippen LogP contribution >= 0.6 is 0 Å². The maximum atomic E-state index is 9.47. The van der Waals surface area contributed by atoms with E-state index in [0.29, 0.717) is 84.4 Å². The van der Waals surface area contributed by atoms with Crippen molar-refractivity contribution in [2.24, 2.45) is 0 Å². The second kappa shape index (κ2) is 29.7. The minimum Gasteiger partial charge on any atom is -0.488 e. The van der Waals surface area contributed by atoms with Gasteiger partial charge in [-0.3, -0.25) is 0 Å². The zero-order valence-corrected chi connectivity index (χ0v) is 68.3. The average Bonchev–Trinajstić information content (AvgIpc) is 1.06. The smallest absolute Gasteiger partial charge is 0.143 e. The van der Waals surface area contributed by atoms with Gasteiger partial charge in [0.2, 0.25) is 0 Å². The molecule has 6 heteroatoms. The van der Waals surface area contributed by atoms with Crippen LogP contribution in [0.2, 0.25) is 0 Å². The lowest BCUT2D eigenvalue weighted by molar-refractivity contribution is 0.302. The lowest BCUT2D eigenvalue weighted by Gasteiger charge is -2.22. The van der Waals surface area contributed by atoms with Crippen LogP contribution in [0.1, 0.15) is 48.1 Å². The van der Waals surface area contributed by atoms with Gasteiger partial charge in [0.05, 0.1) is 42.5 Å². The maximum absolute atomic E-state index is 9.47. The molecule has 5 aromatic heterocycles. The Morgan fingerprint density at radius 2 is 0.580 bits per heavy atom. The Bertz CT molecular complexity index is 11400. The molecule has 29 rings (SSSR count). The Kier molecular flexibility index (Phi) is 11.2. The number of rotatable bonds is 7. The van der Waals surface area contributed by atoms with E-state index in [0.717, 1.165) is 82.1 Å². The van der Waals surface area contributed by atoms with Crippen molar-refractivity contribution in [2.75, 3.05) is 0 Å². The molecule has 0 saturated heterocycles. The van der Waals surface area contributed by atoms with Crippen LogP contribution in [0, 0.1) is 0 Å². The Balaban J connectivity index is 0.000000117. The average molecular weight is 1700 g/mol. The molecular weight excluding hydrogens is 1600 g/mol. The molecule has 131 heavy (non-hydrogen) atoms. The Labute approximate surface area is 794 Å². The van der Waals surface area contributed by atoms with Gasteiger partial charge in [0.15, 0.2) is 0 Å². The minimum atomic E-state index is -0.703. The van der Waals surface area contributed by atoms with Crippen LogP contribution in [0.4, 0.5) is 0 Å². The first-order valence-electron chi connectivity index (χ1n) is 57.7. The molecule has 6 nitrogen and oxygen atoms in total. The van der Waals surface area contributed by atoms with Gasteiger partial charge in [-0.2, -0.15) is 0 Å². The summed E-state index contributed by atoms with van der Waals surface area (Å²) in [5.41, 5.74) is 11.0. The van der Waals surface area contributed by atoms with Crippen molar-refractivity contribution in [3.8, 4) is 94.8 Å². The molecule has 0 bridgehead atoms. The topological polar surface area (TPSA) is 74.9 Å². The monoisotopic (exact) mass is 1700 g/mol. The van der Waals surface area contributed by atoms with Gasteiger partial charge in [0.25, 0.3) is 0 Å². The number of fused-ring (bicyclic) bond motifs is 26. The fourth-order valence-corrected chi connectivity index (χ4v) is 19.4. The fraction of sp³-hybridized carbons (Fsp3) is 0.00800. The molecule has 0 fully saturated rings. The van der Waals surface area contributed by atoms with Gasteiger partial charge in [-0.15, -0.1) is 0 Å². The molecule has 0 N–H and O–H groups in total. The molecule has 6 heterocycles. The summed E-state index contributed by atoms with van der Waals surface area (Å²) in [7, 11) is 0. The Morgan fingerprint density at radius 3 is 1.18 bits per heavy atom. The highest BCUT2D eigenvalue weighted by Crippen LogP contribution is 2.53. The summed E-state index contributed by atoms with van der Waals surface area (Å²) in [5.74, 6) is 0.565. The molecule has 0 unspecified atom stereocenters. The van der Waals surface area contributed by atoms with Crippen molar-refractivity contribution in [3.05, 3.63) is 442 Å². The zero-order valence-electron chi connectivity index (χ0n) is 99.3. The maximum Gasteiger partial charge on any atom is 0.143 e. The highest BCUT2D eigenvalue weighted by atomic mass is 16.5. The van der Waals surface area contributed by atoms with Crippen LogP contribution in [0.5, 0.6) is 5.75 Å². The summed E-state index contributed by atoms with van der Waals surface area (Å²) in [6, 6.07) is 61.9. The predicted octanol–water partition coefficient (Wildman–Crippen LogP) is 35.9. The van der Waals surface area contributed by atoms with E-state index in [9.17, 15) is 19.2 Å². The molecule has 0 radical (unpaired) electrons. The largest absolute Gasteiger partial charge is 0.488 e. The Morgan fingerprint density at radius 1 is 0.191 bits per heavy atom. The molecule has 0 saturated carbocycles. The lowest BCUT2D eigenvalue weighted by Crippen LogP contribution is -2.05. The molecule has 1 aliphatic rings. The lowest BCUT2D eigenvalue weighted by atomic mass is 9.85. The van der Waals surface area contributed by atoms with Gasteiger partial charge in [-0.25, -0.2) is 0 Å². The van der Waals surface area contributed by atoms with Crippen molar-refractivity contribution in [1.82, 2.24) is 0 Å². The normalized spacial score (nSPS) is 15.5. The van der Waals surface area contributed by atoms with Crippen molar-refractivity contribution in [1.29, 1.82) is 0 Å². The van der Waals surface area contributed by atoms with E-state index >= 15 is 0 Å². The van der Waals surface area contributed by atoms with Crippen LogP contribution in [0.3, 0.4) is 0 Å². The van der Waals surface area contributed by atoms with E-state index in [-0.39, 0.29) is 163 Å². The highest BCUT2D eigenvalue weighted by Gasteiger charge is 2.28. The van der Waals surface area contributed by atoms with Gasteiger partial charge in [0.1, 0.15) is 68.2 Å². The van der Waals surface area contributed by atoms with Crippen molar-refractivity contribution < 1.29 is 69.3 Å².